The molecule has 0 atom stereocenters. The normalized spacial score (nSPS) is 10.8. The van der Waals surface area contributed by atoms with Gasteiger partial charge in [0.15, 0.2) is 0 Å². The maximum absolute atomic E-state index is 12.7. The van der Waals surface area contributed by atoms with Crippen LogP contribution in [0.25, 0.3) is 10.8 Å². The number of ether oxygens (including phenoxy) is 2. The molecule has 0 unspecified atom stereocenters. The number of benzene rings is 4. The molecular weight excluding hydrogens is 484 g/mol. The first kappa shape index (κ1) is 22.2. The minimum absolute atomic E-state index is 0.330. The summed E-state index contributed by atoms with van der Waals surface area (Å²) in [6.07, 6.45) is 1.48. The van der Waals surface area contributed by atoms with Crippen molar-refractivity contribution in [1.29, 1.82) is 0 Å². The predicted octanol–water partition coefficient (Wildman–Crippen LogP) is 5.59. The highest BCUT2D eigenvalue weighted by atomic mass is 79.9. The van der Waals surface area contributed by atoms with Gasteiger partial charge in [-0.2, -0.15) is 5.10 Å². The average Bonchev–Trinajstić information content (AvgIpc) is 2.85. The van der Waals surface area contributed by atoms with Crippen molar-refractivity contribution in [1.82, 2.24) is 5.43 Å². The number of nitrogens with zero attached hydrogens (tertiary/aromatic N) is 1. The maximum Gasteiger partial charge on any atom is 0.343 e. The highest BCUT2D eigenvalue weighted by Crippen LogP contribution is 2.27. The topological polar surface area (TPSA) is 77.0 Å². The molecule has 4 rings (SSSR count). The summed E-state index contributed by atoms with van der Waals surface area (Å²) in [6, 6.07) is 24.8. The van der Waals surface area contributed by atoms with Gasteiger partial charge in [0.2, 0.25) is 0 Å². The molecule has 1 N–H and O–H groups in total. The van der Waals surface area contributed by atoms with E-state index in [0.717, 1.165) is 15.2 Å². The number of fused-ring (bicyclic) bond motifs is 1. The number of carbonyl (C=O) groups is 2. The minimum Gasteiger partial charge on any atom is -0.497 e. The monoisotopic (exact) mass is 502 g/mol. The number of hydrogen-bond donors (Lipinski definition) is 1. The Balaban J connectivity index is 1.60. The molecule has 7 heteroatoms. The van der Waals surface area contributed by atoms with Crippen LogP contribution >= 0.6 is 15.9 Å². The summed E-state index contributed by atoms with van der Waals surface area (Å²) in [5.41, 5.74) is 3.95. The van der Waals surface area contributed by atoms with E-state index < -0.39 is 5.97 Å². The smallest absolute Gasteiger partial charge is 0.343 e. The van der Waals surface area contributed by atoms with E-state index in [1.165, 1.54) is 6.21 Å². The maximum atomic E-state index is 12.7. The summed E-state index contributed by atoms with van der Waals surface area (Å²) in [6.45, 7) is 0. The van der Waals surface area contributed by atoms with Crippen LogP contribution in [0.15, 0.2) is 94.5 Å². The Kier molecular flexibility index (Phi) is 6.80. The number of amides is 1. The zero-order valence-electron chi connectivity index (χ0n) is 17.6. The Hall–Kier alpha value is -3.97. The van der Waals surface area contributed by atoms with E-state index >= 15 is 0 Å². The van der Waals surface area contributed by atoms with Gasteiger partial charge in [0.25, 0.3) is 5.91 Å². The Morgan fingerprint density at radius 2 is 1.58 bits per heavy atom. The van der Waals surface area contributed by atoms with Crippen molar-refractivity contribution in [3.8, 4) is 11.5 Å². The molecule has 0 bridgehead atoms. The fraction of sp³-hybridized carbons (Fsp3) is 0.0385. The number of hydrazone groups is 1. The fourth-order valence-electron chi connectivity index (χ4n) is 3.20. The van der Waals surface area contributed by atoms with Crippen LogP contribution in [0.3, 0.4) is 0 Å². The molecule has 0 saturated carbocycles. The first-order valence-electron chi connectivity index (χ1n) is 10.0. The van der Waals surface area contributed by atoms with Crippen molar-refractivity contribution in [3.05, 3.63) is 106 Å². The Labute approximate surface area is 199 Å². The van der Waals surface area contributed by atoms with Crippen LogP contribution in [0, 0.1) is 0 Å². The van der Waals surface area contributed by atoms with Crippen LogP contribution in [-0.4, -0.2) is 25.2 Å². The van der Waals surface area contributed by atoms with Gasteiger partial charge in [0.05, 0.1) is 18.9 Å². The number of halogens is 1. The number of carbonyl (C=O) groups excluding carboxylic acids is 2. The summed E-state index contributed by atoms with van der Waals surface area (Å²) >= 11 is 3.34. The third kappa shape index (κ3) is 5.27. The summed E-state index contributed by atoms with van der Waals surface area (Å²) < 4.78 is 11.7. The molecule has 6 nitrogen and oxygen atoms in total. The van der Waals surface area contributed by atoms with Crippen molar-refractivity contribution in [2.24, 2.45) is 5.10 Å². The molecule has 33 heavy (non-hydrogen) atoms. The summed E-state index contributed by atoms with van der Waals surface area (Å²) in [5, 5.41) is 5.89. The van der Waals surface area contributed by atoms with Crippen LogP contribution < -0.4 is 14.9 Å². The molecule has 0 fully saturated rings. The van der Waals surface area contributed by atoms with Crippen molar-refractivity contribution in [2.75, 3.05) is 7.11 Å². The highest BCUT2D eigenvalue weighted by molar-refractivity contribution is 9.10. The van der Waals surface area contributed by atoms with Gasteiger partial charge in [-0.25, -0.2) is 10.2 Å². The molecule has 4 aromatic carbocycles. The Bertz CT molecular complexity index is 1330. The third-order valence-corrected chi connectivity index (χ3v) is 5.45. The summed E-state index contributed by atoms with van der Waals surface area (Å²) in [5.74, 6) is 0.111. The number of methoxy groups -OCH3 is 1. The molecular formula is C26H19BrN2O4. The molecule has 0 aliphatic rings. The molecule has 0 spiro atoms. The standard InChI is InChI=1S/C26H19BrN2O4/c1-32-21-13-8-19(9-14-21)26(31)33-24-15-10-17-4-2-3-5-22(17)23(24)16-28-29-25(30)18-6-11-20(27)12-7-18/h2-16H,1H3,(H,29,30). The van der Waals surface area contributed by atoms with Crippen molar-refractivity contribution >= 4 is 44.8 Å². The fourth-order valence-corrected chi connectivity index (χ4v) is 3.47. The van der Waals surface area contributed by atoms with E-state index in [1.807, 2.05) is 30.3 Å². The first-order valence-corrected chi connectivity index (χ1v) is 10.8. The second-order valence-electron chi connectivity index (χ2n) is 7.02. The molecule has 0 aliphatic carbocycles. The second kappa shape index (κ2) is 10.1. The van der Waals surface area contributed by atoms with Gasteiger partial charge in [0, 0.05) is 15.6 Å². The van der Waals surface area contributed by atoms with E-state index in [4.69, 9.17) is 9.47 Å². The molecule has 4 aromatic rings. The summed E-state index contributed by atoms with van der Waals surface area (Å²) in [7, 11) is 1.56. The predicted molar refractivity (Wildman–Crippen MR) is 131 cm³/mol. The lowest BCUT2D eigenvalue weighted by Crippen LogP contribution is -2.17. The molecule has 1 amide bonds. The van der Waals surface area contributed by atoms with E-state index in [1.54, 1.807) is 61.7 Å². The van der Waals surface area contributed by atoms with Crippen LogP contribution in [0.2, 0.25) is 0 Å². The third-order valence-electron chi connectivity index (χ3n) is 4.93. The van der Waals surface area contributed by atoms with Gasteiger partial charge in [-0.05, 0) is 65.4 Å². The highest BCUT2D eigenvalue weighted by Gasteiger charge is 2.14. The quantitative estimate of drug-likeness (QED) is 0.161. The van der Waals surface area contributed by atoms with Gasteiger partial charge in [-0.15, -0.1) is 0 Å². The van der Waals surface area contributed by atoms with Crippen molar-refractivity contribution in [3.63, 3.8) is 0 Å². The molecule has 0 heterocycles. The van der Waals surface area contributed by atoms with Crippen molar-refractivity contribution in [2.45, 2.75) is 0 Å². The SMILES string of the molecule is COc1ccc(C(=O)Oc2ccc3ccccc3c2C=NNC(=O)c2ccc(Br)cc2)cc1. The first-order chi connectivity index (χ1) is 16.0. The Morgan fingerprint density at radius 1 is 0.879 bits per heavy atom. The lowest BCUT2D eigenvalue weighted by Gasteiger charge is -2.11. The zero-order chi connectivity index (χ0) is 23.2. The number of rotatable bonds is 6. The van der Waals surface area contributed by atoms with Gasteiger partial charge in [-0.1, -0.05) is 46.3 Å². The van der Waals surface area contributed by atoms with Gasteiger partial charge in [0.1, 0.15) is 11.5 Å². The van der Waals surface area contributed by atoms with E-state index in [9.17, 15) is 9.59 Å². The largest absolute Gasteiger partial charge is 0.497 e. The number of hydrogen-bond acceptors (Lipinski definition) is 5. The molecule has 0 radical (unpaired) electrons. The molecule has 164 valence electrons. The number of nitrogens with one attached hydrogen (secondary N) is 1. The van der Waals surface area contributed by atoms with Crippen LogP contribution in [0.5, 0.6) is 11.5 Å². The van der Waals surface area contributed by atoms with E-state index in [0.29, 0.717) is 28.2 Å². The van der Waals surface area contributed by atoms with Gasteiger partial charge < -0.3 is 9.47 Å². The van der Waals surface area contributed by atoms with Crippen molar-refractivity contribution < 1.29 is 19.1 Å². The zero-order valence-corrected chi connectivity index (χ0v) is 19.2. The molecule has 0 aliphatic heterocycles. The lowest BCUT2D eigenvalue weighted by atomic mass is 10.0. The second-order valence-corrected chi connectivity index (χ2v) is 7.94. The van der Waals surface area contributed by atoms with Gasteiger partial charge in [-0.3, -0.25) is 4.79 Å². The van der Waals surface area contributed by atoms with Gasteiger partial charge >= 0.3 is 5.97 Å². The van der Waals surface area contributed by atoms with Crippen LogP contribution in [0.4, 0.5) is 0 Å². The van der Waals surface area contributed by atoms with E-state index in [-0.39, 0.29) is 5.91 Å². The van der Waals surface area contributed by atoms with E-state index in [2.05, 4.69) is 26.5 Å². The Morgan fingerprint density at radius 3 is 2.30 bits per heavy atom. The number of esters is 1. The summed E-state index contributed by atoms with van der Waals surface area (Å²) in [4.78, 5) is 25.1. The lowest BCUT2D eigenvalue weighted by molar-refractivity contribution is 0.0734. The van der Waals surface area contributed by atoms with Crippen LogP contribution in [-0.2, 0) is 0 Å². The average molecular weight is 503 g/mol. The van der Waals surface area contributed by atoms with Crippen LogP contribution in [0.1, 0.15) is 26.3 Å². The minimum atomic E-state index is -0.513. The molecule has 0 saturated heterocycles. The molecule has 0 aromatic heterocycles.